The number of likely N-dealkylation sites (tertiary alicyclic amines) is 1. The molecule has 3 heterocycles. The van der Waals surface area contributed by atoms with E-state index in [1.54, 1.807) is 12.3 Å². The van der Waals surface area contributed by atoms with Crippen molar-refractivity contribution in [2.75, 3.05) is 59.8 Å². The van der Waals surface area contributed by atoms with Crippen LogP contribution in [0.1, 0.15) is 32.7 Å². The minimum atomic E-state index is -0.155. The van der Waals surface area contributed by atoms with Gasteiger partial charge in [0.2, 0.25) is 0 Å². The van der Waals surface area contributed by atoms with E-state index in [9.17, 15) is 4.79 Å². The lowest BCUT2D eigenvalue weighted by Crippen LogP contribution is -2.38. The molecule has 0 unspecified atom stereocenters. The lowest BCUT2D eigenvalue weighted by atomic mass is 10.00. The van der Waals surface area contributed by atoms with E-state index in [0.29, 0.717) is 22.6 Å². The van der Waals surface area contributed by atoms with Crippen LogP contribution in [0.4, 0.5) is 5.82 Å². The van der Waals surface area contributed by atoms with Gasteiger partial charge in [-0.3, -0.25) is 9.69 Å². The molecule has 4 rings (SSSR count). The average Bonchev–Trinajstić information content (AvgIpc) is 2.92. The zero-order valence-electron chi connectivity index (χ0n) is 24.1. The first-order valence-electron chi connectivity index (χ1n) is 13.6. The van der Waals surface area contributed by atoms with Crippen LogP contribution < -0.4 is 20.3 Å². The van der Waals surface area contributed by atoms with Gasteiger partial charge >= 0.3 is 0 Å². The summed E-state index contributed by atoms with van der Waals surface area (Å²) in [7, 11) is 7.17. The van der Waals surface area contributed by atoms with Gasteiger partial charge in [-0.1, -0.05) is 35.4 Å². The molecular weight excluding hydrogens is 549 g/mol. The topological polar surface area (TPSA) is 71.9 Å². The summed E-state index contributed by atoms with van der Waals surface area (Å²) < 4.78 is 12.9. The van der Waals surface area contributed by atoms with Gasteiger partial charge in [0.25, 0.3) is 5.56 Å². The second kappa shape index (κ2) is 13.3. The number of hydrogen-bond donors (Lipinski definition) is 1. The molecule has 40 heavy (non-hydrogen) atoms. The number of piperidine rings is 1. The van der Waals surface area contributed by atoms with Crippen LogP contribution in [0.2, 0.25) is 10.0 Å². The Morgan fingerprint density at radius 3 is 2.30 bits per heavy atom. The van der Waals surface area contributed by atoms with Crippen molar-refractivity contribution >= 4 is 39.9 Å². The molecule has 0 radical (unpaired) electrons. The fourth-order valence-electron chi connectivity index (χ4n) is 5.14. The molecule has 1 N–H and O–H groups in total. The molecule has 0 bridgehead atoms. The van der Waals surface area contributed by atoms with E-state index >= 15 is 0 Å². The van der Waals surface area contributed by atoms with Gasteiger partial charge in [-0.2, -0.15) is 0 Å². The molecule has 1 fully saturated rings. The van der Waals surface area contributed by atoms with E-state index in [2.05, 4.69) is 60.2 Å². The highest BCUT2D eigenvalue weighted by molar-refractivity contribution is 6.41. The largest absolute Gasteiger partial charge is 0.495 e. The normalized spacial score (nSPS) is 15.1. The monoisotopic (exact) mass is 587 g/mol. The molecule has 0 amide bonds. The summed E-state index contributed by atoms with van der Waals surface area (Å²) in [5.41, 5.74) is 1.46. The second-order valence-electron chi connectivity index (χ2n) is 10.7. The van der Waals surface area contributed by atoms with Crippen LogP contribution in [0.5, 0.6) is 11.5 Å². The molecule has 2 aromatic heterocycles. The van der Waals surface area contributed by atoms with E-state index in [1.165, 1.54) is 14.2 Å². The smallest absolute Gasteiger partial charge is 0.259 e. The number of aromatic nitrogens is 2. The van der Waals surface area contributed by atoms with Crippen LogP contribution >= 0.6 is 23.2 Å². The van der Waals surface area contributed by atoms with Gasteiger partial charge in [0.1, 0.15) is 17.3 Å². The minimum absolute atomic E-state index is 0.0105. The molecular formula is C30H39Cl2N5O3. The number of nitrogens with zero attached hydrogens (tertiary/aromatic N) is 4. The fourth-order valence-corrected chi connectivity index (χ4v) is 5.84. The number of methoxy groups -OCH3 is 2. The van der Waals surface area contributed by atoms with Crippen molar-refractivity contribution in [3.05, 3.63) is 56.9 Å². The zero-order chi connectivity index (χ0) is 29.0. The van der Waals surface area contributed by atoms with Crippen molar-refractivity contribution < 1.29 is 9.47 Å². The summed E-state index contributed by atoms with van der Waals surface area (Å²) in [6, 6.07) is 5.62. The summed E-state index contributed by atoms with van der Waals surface area (Å²) in [4.78, 5) is 23.5. The Morgan fingerprint density at radius 2 is 1.73 bits per heavy atom. The Kier molecular flexibility index (Phi) is 10.0. The van der Waals surface area contributed by atoms with E-state index in [-0.39, 0.29) is 27.7 Å². The molecule has 0 saturated carbocycles. The Morgan fingerprint density at radius 1 is 1.07 bits per heavy atom. The fraction of sp³-hybridized carbons (Fsp3) is 0.467. The third-order valence-electron chi connectivity index (χ3n) is 7.12. The number of halogens is 2. The molecule has 0 spiro atoms. The molecule has 1 aliphatic heterocycles. The van der Waals surface area contributed by atoms with Crippen molar-refractivity contribution in [2.24, 2.45) is 0 Å². The Bertz CT molecular complexity index is 1400. The molecule has 1 aromatic carbocycles. The first-order chi connectivity index (χ1) is 19.1. The predicted molar refractivity (Wildman–Crippen MR) is 166 cm³/mol. The van der Waals surface area contributed by atoms with Gasteiger partial charge in [-0.05, 0) is 46.9 Å². The van der Waals surface area contributed by atoms with Gasteiger partial charge in [0.05, 0.1) is 35.3 Å². The molecule has 0 aliphatic carbocycles. The maximum atomic E-state index is 14.4. The minimum Gasteiger partial charge on any atom is -0.495 e. The first kappa shape index (κ1) is 30.2. The number of pyridine rings is 2. The number of fused-ring (bicyclic) bond motifs is 1. The standard InChI is InChI=1S/C30H39Cl2N5O3/c1-19(2)34-26-16-23-20(18-33-26)15-22(27-28(31)24(39-5)17-25(40-6)29(27)32)30(38)37(23)21-9-13-36(14-10-21)12-8-7-11-35(3)4/h7-8,15-19,21H,9-14H2,1-6H3,(H,33,34)/b8-7+. The van der Waals surface area contributed by atoms with E-state index in [0.717, 1.165) is 55.7 Å². The highest BCUT2D eigenvalue weighted by atomic mass is 35.5. The molecule has 8 nitrogen and oxygen atoms in total. The molecule has 3 aromatic rings. The van der Waals surface area contributed by atoms with E-state index in [4.69, 9.17) is 32.7 Å². The maximum Gasteiger partial charge on any atom is 0.259 e. The Balaban J connectivity index is 1.81. The van der Waals surface area contributed by atoms with Crippen molar-refractivity contribution in [1.82, 2.24) is 19.4 Å². The maximum absolute atomic E-state index is 14.4. The molecule has 0 atom stereocenters. The highest BCUT2D eigenvalue weighted by Crippen LogP contribution is 2.45. The van der Waals surface area contributed by atoms with Gasteiger partial charge in [-0.25, -0.2) is 4.98 Å². The molecule has 1 aliphatic rings. The second-order valence-corrected chi connectivity index (χ2v) is 11.5. The number of ether oxygens (including phenoxy) is 2. The van der Waals surface area contributed by atoms with Crippen LogP contribution in [-0.4, -0.2) is 79.9 Å². The van der Waals surface area contributed by atoms with E-state index in [1.807, 2.05) is 16.7 Å². The van der Waals surface area contributed by atoms with Crippen LogP contribution in [0, 0.1) is 0 Å². The quantitative estimate of drug-likeness (QED) is 0.293. The van der Waals surface area contributed by atoms with Crippen LogP contribution in [0.25, 0.3) is 22.0 Å². The van der Waals surface area contributed by atoms with Crippen molar-refractivity contribution in [3.63, 3.8) is 0 Å². The van der Waals surface area contributed by atoms with Gasteiger partial charge < -0.3 is 24.3 Å². The third kappa shape index (κ3) is 6.57. The lowest BCUT2D eigenvalue weighted by molar-refractivity contribution is 0.203. The summed E-state index contributed by atoms with van der Waals surface area (Å²) in [6.07, 6.45) is 7.90. The van der Waals surface area contributed by atoms with Gasteiger partial charge in [0.15, 0.2) is 0 Å². The summed E-state index contributed by atoms with van der Waals surface area (Å²) >= 11 is 13.5. The van der Waals surface area contributed by atoms with Crippen molar-refractivity contribution in [2.45, 2.75) is 38.8 Å². The summed E-state index contributed by atoms with van der Waals surface area (Å²) in [5.74, 6) is 1.49. The number of rotatable bonds is 10. The summed E-state index contributed by atoms with van der Waals surface area (Å²) in [5, 5.41) is 4.72. The van der Waals surface area contributed by atoms with Gasteiger partial charge in [-0.15, -0.1) is 0 Å². The number of hydrogen-bond acceptors (Lipinski definition) is 7. The lowest BCUT2D eigenvalue weighted by Gasteiger charge is -2.33. The van der Waals surface area contributed by atoms with E-state index < -0.39 is 0 Å². The van der Waals surface area contributed by atoms with Crippen molar-refractivity contribution in [1.29, 1.82) is 0 Å². The molecule has 1 saturated heterocycles. The summed E-state index contributed by atoms with van der Waals surface area (Å²) in [6.45, 7) is 7.73. The van der Waals surface area contributed by atoms with Crippen LogP contribution in [0.3, 0.4) is 0 Å². The first-order valence-corrected chi connectivity index (χ1v) is 14.3. The molecule has 216 valence electrons. The SMILES string of the molecule is COc1cc(OC)c(Cl)c(-c2cc3cnc(NC(C)C)cc3n(C3CCN(C/C=C/CN(C)C)CC3)c2=O)c1Cl. The van der Waals surface area contributed by atoms with Crippen LogP contribution in [0.15, 0.2) is 41.3 Å². The Labute approximate surface area is 246 Å². The average molecular weight is 589 g/mol. The highest BCUT2D eigenvalue weighted by Gasteiger charge is 2.27. The number of likely N-dealkylation sites (N-methyl/N-ethyl adjacent to an activating group) is 1. The van der Waals surface area contributed by atoms with Gasteiger partial charge in [0, 0.05) is 67.5 Å². The number of anilines is 1. The number of nitrogens with one attached hydrogen (secondary N) is 1. The third-order valence-corrected chi connectivity index (χ3v) is 7.87. The zero-order valence-corrected chi connectivity index (χ0v) is 25.6. The molecule has 10 heteroatoms. The van der Waals surface area contributed by atoms with Crippen molar-refractivity contribution in [3.8, 4) is 22.6 Å². The number of benzene rings is 1. The predicted octanol–water partition coefficient (Wildman–Crippen LogP) is 5.96. The Hall–Kier alpha value is -2.78. The van der Waals surface area contributed by atoms with Crippen LogP contribution in [-0.2, 0) is 0 Å².